The summed E-state index contributed by atoms with van der Waals surface area (Å²) < 4.78 is 5.04. The summed E-state index contributed by atoms with van der Waals surface area (Å²) in [6.45, 7) is 0. The highest BCUT2D eigenvalue weighted by Crippen LogP contribution is 2.27. The van der Waals surface area contributed by atoms with Gasteiger partial charge in [0.05, 0.1) is 7.11 Å². The second-order valence-electron chi connectivity index (χ2n) is 2.91. The average Bonchev–Trinajstić information content (AvgIpc) is 2.78. The summed E-state index contributed by atoms with van der Waals surface area (Å²) in [4.78, 5) is 2.68. The molecular formula is C9H8N6O. The molecule has 0 spiro atoms. The van der Waals surface area contributed by atoms with Crippen molar-refractivity contribution in [1.82, 2.24) is 15.4 Å². The fraction of sp³-hybridized carbons (Fsp3) is 0.111. The highest BCUT2D eigenvalue weighted by Gasteiger charge is 2.08. The molecule has 0 aliphatic heterocycles. The normalized spacial score (nSPS) is 9.56. The number of benzene rings is 1. The Hall–Kier alpha value is -2.53. The van der Waals surface area contributed by atoms with Gasteiger partial charge in [0.15, 0.2) is 5.82 Å². The first-order chi connectivity index (χ1) is 7.85. The van der Waals surface area contributed by atoms with Crippen LogP contribution in [-0.4, -0.2) is 22.5 Å². The molecule has 0 atom stereocenters. The van der Waals surface area contributed by atoms with Crippen LogP contribution in [0.25, 0.3) is 21.7 Å². The Morgan fingerprint density at radius 1 is 1.31 bits per heavy atom. The largest absolute Gasteiger partial charge is 0.497 e. The third-order valence-corrected chi connectivity index (χ3v) is 2.03. The van der Waals surface area contributed by atoms with E-state index in [9.17, 15) is 0 Å². The molecule has 7 heteroatoms. The van der Waals surface area contributed by atoms with E-state index in [1.807, 2.05) is 12.1 Å². The number of methoxy groups -OCH3 is 1. The number of hydrogen-bond donors (Lipinski definition) is 1. The highest BCUT2D eigenvalue weighted by atomic mass is 16.5. The summed E-state index contributed by atoms with van der Waals surface area (Å²) in [6, 6.07) is 7.22. The minimum Gasteiger partial charge on any atom is -0.497 e. The van der Waals surface area contributed by atoms with Gasteiger partial charge < -0.3 is 4.74 Å². The van der Waals surface area contributed by atoms with Gasteiger partial charge in [-0.25, -0.2) is 0 Å². The van der Waals surface area contributed by atoms with Gasteiger partial charge in [0.1, 0.15) is 11.4 Å². The maximum absolute atomic E-state index is 8.35. The second kappa shape index (κ2) is 4.33. The molecule has 0 aliphatic carbocycles. The van der Waals surface area contributed by atoms with Crippen molar-refractivity contribution in [3.63, 3.8) is 0 Å². The van der Waals surface area contributed by atoms with Crippen molar-refractivity contribution in [1.29, 1.82) is 0 Å². The summed E-state index contributed by atoms with van der Waals surface area (Å²) >= 11 is 0. The molecular weight excluding hydrogens is 208 g/mol. The fourth-order valence-electron chi connectivity index (χ4n) is 1.28. The van der Waals surface area contributed by atoms with Crippen LogP contribution < -0.4 is 4.74 Å². The highest BCUT2D eigenvalue weighted by molar-refractivity contribution is 5.69. The molecule has 16 heavy (non-hydrogen) atoms. The van der Waals surface area contributed by atoms with Crippen LogP contribution in [0.4, 0.5) is 5.82 Å². The van der Waals surface area contributed by atoms with E-state index in [4.69, 9.17) is 10.3 Å². The van der Waals surface area contributed by atoms with Gasteiger partial charge in [0.25, 0.3) is 0 Å². The van der Waals surface area contributed by atoms with Gasteiger partial charge in [-0.2, -0.15) is 15.4 Å². The lowest BCUT2D eigenvalue weighted by Crippen LogP contribution is -1.83. The van der Waals surface area contributed by atoms with Crippen LogP contribution in [0.15, 0.2) is 29.4 Å². The van der Waals surface area contributed by atoms with E-state index in [1.54, 1.807) is 19.2 Å². The molecule has 0 bridgehead atoms. The zero-order valence-electron chi connectivity index (χ0n) is 8.45. The lowest BCUT2D eigenvalue weighted by Gasteiger charge is -2.00. The van der Waals surface area contributed by atoms with Crippen LogP contribution in [0.5, 0.6) is 5.75 Å². The molecule has 7 nitrogen and oxygen atoms in total. The van der Waals surface area contributed by atoms with Crippen LogP contribution in [-0.2, 0) is 0 Å². The van der Waals surface area contributed by atoms with Crippen molar-refractivity contribution in [2.45, 2.75) is 0 Å². The Kier molecular flexibility index (Phi) is 2.71. The van der Waals surface area contributed by atoms with Crippen molar-refractivity contribution >= 4 is 5.82 Å². The maximum atomic E-state index is 8.35. The van der Waals surface area contributed by atoms with E-state index in [0.29, 0.717) is 5.69 Å². The molecule has 0 saturated carbocycles. The quantitative estimate of drug-likeness (QED) is 0.484. The summed E-state index contributed by atoms with van der Waals surface area (Å²) in [6.07, 6.45) is 0. The van der Waals surface area contributed by atoms with Gasteiger partial charge in [0, 0.05) is 10.5 Å². The SMILES string of the molecule is COc1ccc(-c2n[nH]nc2N=[N+]=[N-])cc1. The first-order valence-electron chi connectivity index (χ1n) is 4.45. The van der Waals surface area contributed by atoms with E-state index in [0.717, 1.165) is 11.3 Å². The molecule has 1 heterocycles. The van der Waals surface area contributed by atoms with Crippen molar-refractivity contribution in [3.8, 4) is 17.0 Å². The van der Waals surface area contributed by atoms with Gasteiger partial charge in [0.2, 0.25) is 0 Å². The number of aromatic amines is 1. The van der Waals surface area contributed by atoms with Gasteiger partial charge in [-0.1, -0.05) is 0 Å². The number of ether oxygens (including phenoxy) is 1. The predicted octanol–water partition coefficient (Wildman–Crippen LogP) is 2.42. The van der Waals surface area contributed by atoms with Crippen molar-refractivity contribution in [2.75, 3.05) is 7.11 Å². The lowest BCUT2D eigenvalue weighted by atomic mass is 10.1. The molecule has 1 aromatic carbocycles. The molecule has 2 aromatic rings. The first-order valence-corrected chi connectivity index (χ1v) is 4.45. The number of aromatic nitrogens is 3. The fourth-order valence-corrected chi connectivity index (χ4v) is 1.28. The zero-order chi connectivity index (χ0) is 11.4. The Bertz CT molecular complexity index is 525. The minimum absolute atomic E-state index is 0.229. The standard InChI is InChI=1S/C9H8N6O/c1-16-7-4-2-6(3-5-7)8-9(12-14-10)13-15-11-8/h2-5H,1H3,(H,11,13,15). The number of rotatable bonds is 3. The third-order valence-electron chi connectivity index (χ3n) is 2.03. The molecule has 2 rings (SSSR count). The summed E-state index contributed by atoms with van der Waals surface area (Å²) in [7, 11) is 1.59. The molecule has 0 unspecified atom stereocenters. The number of nitrogens with zero attached hydrogens (tertiary/aromatic N) is 5. The number of hydrogen-bond acceptors (Lipinski definition) is 4. The molecule has 0 aliphatic rings. The lowest BCUT2D eigenvalue weighted by molar-refractivity contribution is 0.415. The number of azide groups is 1. The molecule has 0 amide bonds. The van der Waals surface area contributed by atoms with Crippen LogP contribution in [0, 0.1) is 0 Å². The van der Waals surface area contributed by atoms with Crippen molar-refractivity contribution in [3.05, 3.63) is 34.7 Å². The van der Waals surface area contributed by atoms with Crippen LogP contribution in [0.2, 0.25) is 0 Å². The van der Waals surface area contributed by atoms with E-state index < -0.39 is 0 Å². The smallest absolute Gasteiger partial charge is 0.176 e. The van der Waals surface area contributed by atoms with E-state index >= 15 is 0 Å². The zero-order valence-corrected chi connectivity index (χ0v) is 8.45. The molecule has 80 valence electrons. The predicted molar refractivity (Wildman–Crippen MR) is 57.2 cm³/mol. The van der Waals surface area contributed by atoms with E-state index in [1.165, 1.54) is 0 Å². The van der Waals surface area contributed by atoms with Crippen LogP contribution in [0.1, 0.15) is 0 Å². The van der Waals surface area contributed by atoms with Crippen molar-refractivity contribution < 1.29 is 4.74 Å². The van der Waals surface area contributed by atoms with E-state index in [2.05, 4.69) is 25.4 Å². The Labute approximate surface area is 90.7 Å². The summed E-state index contributed by atoms with van der Waals surface area (Å²) in [5.41, 5.74) is 9.67. The Morgan fingerprint density at radius 3 is 2.69 bits per heavy atom. The van der Waals surface area contributed by atoms with Crippen LogP contribution in [0.3, 0.4) is 0 Å². The maximum Gasteiger partial charge on any atom is 0.176 e. The molecule has 1 N–H and O–H groups in total. The van der Waals surface area contributed by atoms with Gasteiger partial charge in [-0.05, 0) is 34.9 Å². The molecule has 0 radical (unpaired) electrons. The van der Waals surface area contributed by atoms with Crippen LogP contribution >= 0.6 is 0 Å². The second-order valence-corrected chi connectivity index (χ2v) is 2.91. The first kappa shape index (κ1) is 10.0. The summed E-state index contributed by atoms with van der Waals surface area (Å²) in [5, 5.41) is 13.5. The topological polar surface area (TPSA) is 99.6 Å². The summed E-state index contributed by atoms with van der Waals surface area (Å²) in [5.74, 6) is 0.977. The number of H-pyrrole nitrogens is 1. The molecule has 0 saturated heterocycles. The van der Waals surface area contributed by atoms with Crippen molar-refractivity contribution in [2.24, 2.45) is 5.11 Å². The monoisotopic (exact) mass is 216 g/mol. The average molecular weight is 216 g/mol. The molecule has 1 aromatic heterocycles. The van der Waals surface area contributed by atoms with Gasteiger partial charge >= 0.3 is 0 Å². The van der Waals surface area contributed by atoms with E-state index in [-0.39, 0.29) is 5.82 Å². The number of nitrogens with one attached hydrogen (secondary N) is 1. The Morgan fingerprint density at radius 2 is 2.06 bits per heavy atom. The molecule has 0 fully saturated rings. The van der Waals surface area contributed by atoms with Gasteiger partial charge in [-0.15, -0.1) is 0 Å². The van der Waals surface area contributed by atoms with Gasteiger partial charge in [-0.3, -0.25) is 0 Å². The minimum atomic E-state index is 0.229. The Balaban J connectivity index is 2.42. The third kappa shape index (κ3) is 1.79.